The molecule has 0 radical (unpaired) electrons. The van der Waals surface area contributed by atoms with Crippen LogP contribution in [0.4, 0.5) is 0 Å². The fourth-order valence-electron chi connectivity index (χ4n) is 3.94. The zero-order chi connectivity index (χ0) is 25.3. The van der Waals surface area contributed by atoms with Crippen LogP contribution in [0.3, 0.4) is 0 Å². The van der Waals surface area contributed by atoms with Gasteiger partial charge in [-0.2, -0.15) is 0 Å². The first kappa shape index (κ1) is 24.9. The highest BCUT2D eigenvalue weighted by Gasteiger charge is 2.32. The molecule has 4 rings (SSSR count). The van der Waals surface area contributed by atoms with Gasteiger partial charge in [-0.3, -0.25) is 9.59 Å². The number of nitrogens with zero attached hydrogens (tertiary/aromatic N) is 1. The van der Waals surface area contributed by atoms with Crippen LogP contribution in [0.2, 0.25) is 0 Å². The number of benzene rings is 3. The summed E-state index contributed by atoms with van der Waals surface area (Å²) in [5.74, 6) is 1.78. The molecule has 1 aliphatic heterocycles. The molecule has 0 bridgehead atoms. The predicted octanol–water partition coefficient (Wildman–Crippen LogP) is 3.23. The maximum atomic E-state index is 13.5. The second-order valence-corrected chi connectivity index (χ2v) is 8.33. The van der Waals surface area contributed by atoms with E-state index in [-0.39, 0.29) is 25.0 Å². The lowest BCUT2D eigenvalue weighted by Crippen LogP contribution is -2.50. The topological polar surface area (TPSA) is 86.3 Å². The van der Waals surface area contributed by atoms with Crippen molar-refractivity contribution in [3.8, 4) is 23.0 Å². The number of hydrogen-bond donors (Lipinski definition) is 1. The summed E-state index contributed by atoms with van der Waals surface area (Å²) in [7, 11) is 3.16. The number of hydrogen-bond acceptors (Lipinski definition) is 6. The molecule has 1 N–H and O–H groups in total. The monoisotopic (exact) mass is 490 g/mol. The Morgan fingerprint density at radius 3 is 2.39 bits per heavy atom. The van der Waals surface area contributed by atoms with Crippen molar-refractivity contribution < 1.29 is 28.5 Å². The molecule has 1 atom stereocenters. The van der Waals surface area contributed by atoms with E-state index in [1.807, 2.05) is 60.7 Å². The molecule has 0 aromatic heterocycles. The quantitative estimate of drug-likeness (QED) is 0.470. The van der Waals surface area contributed by atoms with E-state index >= 15 is 0 Å². The summed E-state index contributed by atoms with van der Waals surface area (Å²) in [5.41, 5.74) is 1.93. The van der Waals surface area contributed by atoms with Crippen LogP contribution in [0.5, 0.6) is 23.0 Å². The number of ether oxygens (including phenoxy) is 4. The van der Waals surface area contributed by atoms with Crippen molar-refractivity contribution in [3.63, 3.8) is 0 Å². The van der Waals surface area contributed by atoms with E-state index in [4.69, 9.17) is 18.9 Å². The van der Waals surface area contributed by atoms with Crippen molar-refractivity contribution in [2.75, 3.05) is 33.9 Å². The highest BCUT2D eigenvalue weighted by atomic mass is 16.6. The first-order valence-electron chi connectivity index (χ1n) is 11.8. The molecule has 2 amide bonds. The van der Waals surface area contributed by atoms with E-state index in [0.29, 0.717) is 42.5 Å². The normalized spacial score (nSPS) is 14.0. The third-order valence-corrected chi connectivity index (χ3v) is 5.88. The maximum Gasteiger partial charge on any atom is 0.267 e. The second kappa shape index (κ2) is 12.0. The molecule has 188 valence electrons. The molecule has 0 aliphatic carbocycles. The Kier molecular flexibility index (Phi) is 8.28. The molecule has 0 saturated carbocycles. The summed E-state index contributed by atoms with van der Waals surface area (Å²) < 4.78 is 22.4. The van der Waals surface area contributed by atoms with Crippen LogP contribution in [0.15, 0.2) is 72.8 Å². The highest BCUT2D eigenvalue weighted by molar-refractivity contribution is 5.87. The first-order chi connectivity index (χ1) is 17.6. The third kappa shape index (κ3) is 6.27. The molecule has 3 aromatic rings. The number of carbonyl (C=O) groups excluding carboxylic acids is 2. The third-order valence-electron chi connectivity index (χ3n) is 5.88. The van der Waals surface area contributed by atoms with E-state index in [1.165, 1.54) is 4.90 Å². The van der Waals surface area contributed by atoms with Crippen LogP contribution in [0.25, 0.3) is 0 Å². The second-order valence-electron chi connectivity index (χ2n) is 8.33. The Bertz CT molecular complexity index is 1180. The standard InChI is InChI=1S/C28H30N2O6/c1-33-22-13-12-20(16-25(22)34-2)14-15-30(18-27(31)29-17-21-8-4-3-5-9-21)28(32)26-19-35-23-10-6-7-11-24(23)36-26/h3-13,16,26H,14-15,17-19H2,1-2H3,(H,29,31)/t26-/m0/s1. The number of carbonyl (C=O) groups is 2. The number of nitrogens with one attached hydrogen (secondary N) is 1. The first-order valence-corrected chi connectivity index (χ1v) is 11.8. The summed E-state index contributed by atoms with van der Waals surface area (Å²) in [6.07, 6.45) is -0.324. The zero-order valence-electron chi connectivity index (χ0n) is 20.4. The van der Waals surface area contributed by atoms with Crippen molar-refractivity contribution >= 4 is 11.8 Å². The fraction of sp³-hybridized carbons (Fsp3) is 0.286. The van der Waals surface area contributed by atoms with Crippen molar-refractivity contribution in [2.45, 2.75) is 19.1 Å². The largest absolute Gasteiger partial charge is 0.493 e. The highest BCUT2D eigenvalue weighted by Crippen LogP contribution is 2.31. The van der Waals surface area contributed by atoms with Gasteiger partial charge in [-0.05, 0) is 41.8 Å². The van der Waals surface area contributed by atoms with Gasteiger partial charge in [0.1, 0.15) is 6.61 Å². The number of amides is 2. The summed E-state index contributed by atoms with van der Waals surface area (Å²) in [6, 6.07) is 22.4. The Hall–Kier alpha value is -4.20. The molecule has 3 aromatic carbocycles. The number of fused-ring (bicyclic) bond motifs is 1. The minimum absolute atomic E-state index is 0.0777. The molecule has 1 aliphatic rings. The summed E-state index contributed by atoms with van der Waals surface area (Å²) in [6.45, 7) is 0.678. The van der Waals surface area contributed by atoms with Crippen LogP contribution in [-0.2, 0) is 22.6 Å². The predicted molar refractivity (Wildman–Crippen MR) is 134 cm³/mol. The minimum atomic E-state index is -0.841. The number of rotatable bonds is 10. The van der Waals surface area contributed by atoms with Gasteiger partial charge in [0.25, 0.3) is 5.91 Å². The lowest BCUT2D eigenvalue weighted by Gasteiger charge is -2.30. The summed E-state index contributed by atoms with van der Waals surface area (Å²) in [5, 5.41) is 2.89. The molecule has 8 heteroatoms. The Balaban J connectivity index is 1.45. The van der Waals surface area contributed by atoms with Gasteiger partial charge in [0.2, 0.25) is 12.0 Å². The molecule has 8 nitrogen and oxygen atoms in total. The van der Waals surface area contributed by atoms with Gasteiger partial charge in [0, 0.05) is 13.1 Å². The van der Waals surface area contributed by atoms with Gasteiger partial charge in [0.15, 0.2) is 23.0 Å². The lowest BCUT2D eigenvalue weighted by molar-refractivity contribution is -0.144. The summed E-state index contributed by atoms with van der Waals surface area (Å²) in [4.78, 5) is 27.8. The van der Waals surface area contributed by atoms with Crippen LogP contribution >= 0.6 is 0 Å². The lowest BCUT2D eigenvalue weighted by atomic mass is 10.1. The van der Waals surface area contributed by atoms with Gasteiger partial charge >= 0.3 is 0 Å². The van der Waals surface area contributed by atoms with E-state index in [2.05, 4.69) is 5.32 Å². The zero-order valence-corrected chi connectivity index (χ0v) is 20.4. The van der Waals surface area contributed by atoms with E-state index < -0.39 is 6.10 Å². The number of para-hydroxylation sites is 2. The van der Waals surface area contributed by atoms with Gasteiger partial charge < -0.3 is 29.2 Å². The minimum Gasteiger partial charge on any atom is -0.493 e. The van der Waals surface area contributed by atoms with Crippen LogP contribution in [-0.4, -0.2) is 56.7 Å². The molecule has 1 heterocycles. The van der Waals surface area contributed by atoms with Crippen molar-refractivity contribution in [2.24, 2.45) is 0 Å². The van der Waals surface area contributed by atoms with Gasteiger partial charge in [-0.15, -0.1) is 0 Å². The average Bonchev–Trinajstić information content (AvgIpc) is 2.93. The average molecular weight is 491 g/mol. The van der Waals surface area contributed by atoms with Crippen molar-refractivity contribution in [1.29, 1.82) is 0 Å². The van der Waals surface area contributed by atoms with Crippen LogP contribution in [0.1, 0.15) is 11.1 Å². The van der Waals surface area contributed by atoms with E-state index in [9.17, 15) is 9.59 Å². The van der Waals surface area contributed by atoms with Gasteiger partial charge in [-0.25, -0.2) is 0 Å². The molecule has 0 fully saturated rings. The molecule has 0 unspecified atom stereocenters. The maximum absolute atomic E-state index is 13.5. The van der Waals surface area contributed by atoms with E-state index in [1.54, 1.807) is 26.4 Å². The molecule has 0 saturated heterocycles. The number of methoxy groups -OCH3 is 2. The molecular formula is C28H30N2O6. The smallest absolute Gasteiger partial charge is 0.267 e. The van der Waals surface area contributed by atoms with Crippen LogP contribution in [0, 0.1) is 0 Å². The van der Waals surface area contributed by atoms with Crippen molar-refractivity contribution in [1.82, 2.24) is 10.2 Å². The molecule has 0 spiro atoms. The van der Waals surface area contributed by atoms with Crippen molar-refractivity contribution in [3.05, 3.63) is 83.9 Å². The SMILES string of the molecule is COc1ccc(CCN(CC(=O)NCc2ccccc2)C(=O)[C@@H]2COc3ccccc3O2)cc1OC. The van der Waals surface area contributed by atoms with Crippen LogP contribution < -0.4 is 24.3 Å². The van der Waals surface area contributed by atoms with Gasteiger partial charge in [-0.1, -0.05) is 48.5 Å². The Labute approximate surface area is 210 Å². The Morgan fingerprint density at radius 2 is 1.64 bits per heavy atom. The van der Waals surface area contributed by atoms with E-state index in [0.717, 1.165) is 11.1 Å². The molecule has 36 heavy (non-hydrogen) atoms. The summed E-state index contributed by atoms with van der Waals surface area (Å²) >= 11 is 0. The Morgan fingerprint density at radius 1 is 0.917 bits per heavy atom. The fourth-order valence-corrected chi connectivity index (χ4v) is 3.94. The molecular weight excluding hydrogens is 460 g/mol. The van der Waals surface area contributed by atoms with Gasteiger partial charge in [0.05, 0.1) is 20.8 Å².